The molecule has 0 aliphatic carbocycles. The van der Waals surface area contributed by atoms with E-state index in [0.717, 1.165) is 0 Å². The largest absolute Gasteiger partial charge is 0.461 e. The highest BCUT2D eigenvalue weighted by Gasteiger charge is 2.53. The summed E-state index contributed by atoms with van der Waals surface area (Å²) in [7, 11) is 0. The van der Waals surface area contributed by atoms with E-state index in [9.17, 15) is 24.0 Å². The van der Waals surface area contributed by atoms with Gasteiger partial charge in [-0.1, -0.05) is 84.9 Å². The van der Waals surface area contributed by atoms with E-state index < -0.39 is 61.0 Å². The number of nitrogens with zero attached hydrogens (tertiary/aromatic N) is 2. The number of benzene rings is 4. The van der Waals surface area contributed by atoms with Gasteiger partial charge in [0.25, 0.3) is 0 Å². The molecule has 5 aromatic rings. The Labute approximate surface area is 310 Å². The van der Waals surface area contributed by atoms with E-state index in [1.54, 1.807) is 123 Å². The van der Waals surface area contributed by atoms with E-state index in [1.165, 1.54) is 16.7 Å². The van der Waals surface area contributed by atoms with Crippen LogP contribution in [-0.2, 0) is 28.4 Å². The zero-order valence-corrected chi connectivity index (χ0v) is 29.4. The molecule has 0 N–H and O–H groups in total. The fraction of sp³-hybridized carbons (Fsp3) is 0.220. The fourth-order valence-electron chi connectivity index (χ4n) is 5.87. The molecule has 6 rings (SSSR count). The van der Waals surface area contributed by atoms with Crippen LogP contribution in [0.5, 0.6) is 0 Å². The van der Waals surface area contributed by atoms with E-state index in [4.69, 9.17) is 28.4 Å². The summed E-state index contributed by atoms with van der Waals surface area (Å²) >= 11 is 0. The first-order valence-electron chi connectivity index (χ1n) is 17.2. The highest BCUT2D eigenvalue weighted by molar-refractivity contribution is 6.02. The van der Waals surface area contributed by atoms with E-state index in [2.05, 4.69) is 4.98 Å². The van der Waals surface area contributed by atoms with Gasteiger partial charge < -0.3 is 28.4 Å². The summed E-state index contributed by atoms with van der Waals surface area (Å²) in [5.41, 5.74) is 0.278. The van der Waals surface area contributed by atoms with Gasteiger partial charge in [-0.25, -0.2) is 29.0 Å². The summed E-state index contributed by atoms with van der Waals surface area (Å²) < 4.78 is 36.4. The van der Waals surface area contributed by atoms with Crippen molar-refractivity contribution in [3.05, 3.63) is 149 Å². The van der Waals surface area contributed by atoms with E-state index >= 15 is 0 Å². The lowest BCUT2D eigenvalue weighted by molar-refractivity contribution is -0.0624. The predicted molar refractivity (Wildman–Crippen MR) is 192 cm³/mol. The lowest BCUT2D eigenvalue weighted by atomic mass is 10.1. The Bertz CT molecular complexity index is 2090. The zero-order chi connectivity index (χ0) is 38.0. The molecular weight excluding hydrogens is 696 g/mol. The summed E-state index contributed by atoms with van der Waals surface area (Å²) in [6, 6.07) is 33.0. The molecule has 1 aliphatic rings. The second-order valence-corrected chi connectivity index (χ2v) is 11.8. The van der Waals surface area contributed by atoms with E-state index in [1.807, 2.05) is 0 Å². The molecule has 54 heavy (non-hydrogen) atoms. The summed E-state index contributed by atoms with van der Waals surface area (Å²) in [5.74, 6) is -4.14. The molecule has 4 atom stereocenters. The van der Waals surface area contributed by atoms with Crippen molar-refractivity contribution < 1.29 is 52.4 Å². The highest BCUT2D eigenvalue weighted by atomic mass is 16.7. The predicted octanol–water partition coefficient (Wildman–Crippen LogP) is 6.11. The Morgan fingerprint density at radius 1 is 0.574 bits per heavy atom. The van der Waals surface area contributed by atoms with Crippen molar-refractivity contribution in [1.29, 1.82) is 0 Å². The van der Waals surface area contributed by atoms with Crippen LogP contribution >= 0.6 is 0 Å². The molecule has 13 nitrogen and oxygen atoms in total. The summed E-state index contributed by atoms with van der Waals surface area (Å²) in [5, 5.41) is 0. The average molecular weight is 733 g/mol. The van der Waals surface area contributed by atoms with Gasteiger partial charge in [-0.2, -0.15) is 0 Å². The third-order valence-corrected chi connectivity index (χ3v) is 8.31. The molecule has 1 aromatic heterocycles. The number of hydrogen-bond donors (Lipinski definition) is 0. The molecule has 2 heterocycles. The van der Waals surface area contributed by atoms with Crippen molar-refractivity contribution in [1.82, 2.24) is 9.55 Å². The average Bonchev–Trinajstić information content (AvgIpc) is 3.76. The van der Waals surface area contributed by atoms with Gasteiger partial charge in [0.1, 0.15) is 18.5 Å². The van der Waals surface area contributed by atoms with Crippen molar-refractivity contribution in [2.75, 3.05) is 19.8 Å². The molecule has 0 amide bonds. The molecule has 0 unspecified atom stereocenters. The van der Waals surface area contributed by atoms with Crippen LogP contribution in [0.25, 0.3) is 11.4 Å². The number of imidazole rings is 1. The smallest absolute Gasteiger partial charge is 0.359 e. The maximum Gasteiger partial charge on any atom is 0.359 e. The molecule has 0 bridgehead atoms. The van der Waals surface area contributed by atoms with Crippen LogP contribution in [-0.4, -0.2) is 77.5 Å². The molecule has 0 radical (unpaired) electrons. The first-order chi connectivity index (χ1) is 26.3. The first kappa shape index (κ1) is 37.2. The van der Waals surface area contributed by atoms with Gasteiger partial charge in [-0.05, 0) is 50.2 Å². The quantitative estimate of drug-likeness (QED) is 0.101. The lowest BCUT2D eigenvalue weighted by Crippen LogP contribution is -2.41. The normalized spacial score (nSPS) is 17.6. The standard InChI is InChI=1S/C41H36N2O11/c1-3-49-40(47)31-32(41(48)50-4-2)43(35(42-31)26-17-9-5-10-18-26)36-34(54-39(46)29-23-15-8-16-24-29)33(53-38(45)28-21-13-7-14-22-28)30(52-36)25-51-37(44)27-19-11-6-12-20-27/h5-24,30,33-34,36H,3-4,25H2,1-2H3/t30-,33-,34-,36-/m1/s1. The van der Waals surface area contributed by atoms with Crippen LogP contribution in [0.4, 0.5) is 0 Å². The second kappa shape index (κ2) is 17.3. The third-order valence-electron chi connectivity index (χ3n) is 8.31. The Kier molecular flexibility index (Phi) is 11.9. The van der Waals surface area contributed by atoms with Gasteiger partial charge >= 0.3 is 29.8 Å². The zero-order valence-electron chi connectivity index (χ0n) is 29.4. The van der Waals surface area contributed by atoms with Crippen molar-refractivity contribution >= 4 is 29.8 Å². The van der Waals surface area contributed by atoms with E-state index in [-0.39, 0.29) is 47.1 Å². The number of carbonyl (C=O) groups excluding carboxylic acids is 5. The SMILES string of the molecule is CCOC(=O)c1nc(-c2ccccc2)n([C@@H]2O[C@H](COC(=O)c3ccccc3)[C@@H](OC(=O)c3ccccc3)[C@H]2OC(=O)c2ccccc2)c1C(=O)OCC. The minimum atomic E-state index is -1.52. The van der Waals surface area contributed by atoms with Crippen LogP contribution in [0.2, 0.25) is 0 Å². The minimum absolute atomic E-state index is 0.0295. The van der Waals surface area contributed by atoms with Crippen molar-refractivity contribution in [2.24, 2.45) is 0 Å². The number of aromatic nitrogens is 2. The Morgan fingerprint density at radius 2 is 1.04 bits per heavy atom. The van der Waals surface area contributed by atoms with Crippen molar-refractivity contribution in [3.63, 3.8) is 0 Å². The second-order valence-electron chi connectivity index (χ2n) is 11.8. The number of carbonyl (C=O) groups is 5. The van der Waals surface area contributed by atoms with Gasteiger partial charge in [0.2, 0.25) is 0 Å². The van der Waals surface area contributed by atoms with Gasteiger partial charge in [-0.15, -0.1) is 0 Å². The number of ether oxygens (including phenoxy) is 6. The topological polar surface area (TPSA) is 159 Å². The van der Waals surface area contributed by atoms with Gasteiger partial charge in [-0.3, -0.25) is 4.57 Å². The maximum absolute atomic E-state index is 13.8. The molecular formula is C41H36N2O11. The summed E-state index contributed by atoms with van der Waals surface area (Å²) in [6.45, 7) is 2.61. The molecule has 0 saturated carbocycles. The molecule has 0 spiro atoms. The number of rotatable bonds is 13. The maximum atomic E-state index is 13.8. The number of esters is 5. The van der Waals surface area contributed by atoms with Crippen molar-refractivity contribution in [3.8, 4) is 11.4 Å². The van der Waals surface area contributed by atoms with Crippen LogP contribution in [0.1, 0.15) is 72.1 Å². The van der Waals surface area contributed by atoms with Gasteiger partial charge in [0, 0.05) is 5.56 Å². The monoisotopic (exact) mass is 732 g/mol. The van der Waals surface area contributed by atoms with Gasteiger partial charge in [0.15, 0.2) is 29.8 Å². The van der Waals surface area contributed by atoms with Crippen LogP contribution in [0.3, 0.4) is 0 Å². The van der Waals surface area contributed by atoms with E-state index in [0.29, 0.717) is 5.56 Å². The van der Waals surface area contributed by atoms with Crippen LogP contribution < -0.4 is 0 Å². The summed E-state index contributed by atoms with van der Waals surface area (Å²) in [4.78, 5) is 72.5. The fourth-order valence-corrected chi connectivity index (χ4v) is 5.87. The third kappa shape index (κ3) is 8.21. The Hall–Kier alpha value is -6.60. The Morgan fingerprint density at radius 3 is 1.56 bits per heavy atom. The molecule has 1 aliphatic heterocycles. The van der Waals surface area contributed by atoms with Crippen molar-refractivity contribution in [2.45, 2.75) is 38.4 Å². The van der Waals surface area contributed by atoms with Crippen LogP contribution in [0, 0.1) is 0 Å². The lowest BCUT2D eigenvalue weighted by Gasteiger charge is -2.26. The molecule has 4 aromatic carbocycles. The minimum Gasteiger partial charge on any atom is -0.461 e. The molecule has 1 fully saturated rings. The molecule has 276 valence electrons. The molecule has 13 heteroatoms. The van der Waals surface area contributed by atoms with Crippen LogP contribution in [0.15, 0.2) is 121 Å². The number of hydrogen-bond acceptors (Lipinski definition) is 12. The highest BCUT2D eigenvalue weighted by Crippen LogP contribution is 2.40. The summed E-state index contributed by atoms with van der Waals surface area (Å²) in [6.07, 6.45) is -5.76. The Balaban J connectivity index is 1.52. The molecule has 1 saturated heterocycles. The first-order valence-corrected chi connectivity index (χ1v) is 17.2. The van der Waals surface area contributed by atoms with Gasteiger partial charge in [0.05, 0.1) is 29.9 Å².